The SMILES string of the molecule is CN1CCC[C@]2(CO)CCN(Cc3ccc(OC(F)(F)F)cc3)C[C@@H]12. The lowest BCUT2D eigenvalue weighted by atomic mass is 9.69. The van der Waals surface area contributed by atoms with Gasteiger partial charge in [0, 0.05) is 24.5 Å². The van der Waals surface area contributed by atoms with Crippen LogP contribution < -0.4 is 4.74 Å². The fourth-order valence-corrected chi connectivity index (χ4v) is 4.27. The van der Waals surface area contributed by atoms with Gasteiger partial charge in [0.05, 0.1) is 6.61 Å². The minimum absolute atomic E-state index is 0.00605. The van der Waals surface area contributed by atoms with Gasteiger partial charge in [-0.1, -0.05) is 12.1 Å². The second-order valence-electron chi connectivity index (χ2n) is 7.30. The minimum Gasteiger partial charge on any atom is -0.406 e. The van der Waals surface area contributed by atoms with E-state index in [4.69, 9.17) is 0 Å². The third-order valence-electron chi connectivity index (χ3n) is 5.66. The van der Waals surface area contributed by atoms with E-state index in [2.05, 4.69) is 21.6 Å². The number of halogens is 3. The molecule has 2 heterocycles. The quantitative estimate of drug-likeness (QED) is 0.898. The lowest BCUT2D eigenvalue weighted by Gasteiger charge is -2.53. The molecule has 0 bridgehead atoms. The van der Waals surface area contributed by atoms with Gasteiger partial charge in [0.15, 0.2) is 0 Å². The first kappa shape index (κ1) is 18.5. The number of aliphatic hydroxyl groups is 1. The Kier molecular flexibility index (Phi) is 5.27. The van der Waals surface area contributed by atoms with Gasteiger partial charge in [-0.2, -0.15) is 0 Å². The molecule has 2 aliphatic heterocycles. The maximum atomic E-state index is 12.2. The largest absolute Gasteiger partial charge is 0.573 e. The highest BCUT2D eigenvalue weighted by molar-refractivity contribution is 5.27. The van der Waals surface area contributed by atoms with Gasteiger partial charge in [-0.25, -0.2) is 0 Å². The van der Waals surface area contributed by atoms with Crippen LogP contribution >= 0.6 is 0 Å². The predicted molar refractivity (Wildman–Crippen MR) is 88.2 cm³/mol. The molecular weight excluding hydrogens is 333 g/mol. The molecular formula is C18H25F3N2O2. The molecule has 0 amide bonds. The van der Waals surface area contributed by atoms with Gasteiger partial charge < -0.3 is 14.7 Å². The molecule has 0 radical (unpaired) electrons. The van der Waals surface area contributed by atoms with Crippen molar-refractivity contribution in [2.75, 3.05) is 33.3 Å². The molecule has 2 fully saturated rings. The number of hydrogen-bond donors (Lipinski definition) is 1. The minimum atomic E-state index is -4.66. The monoisotopic (exact) mass is 358 g/mol. The summed E-state index contributed by atoms with van der Waals surface area (Å²) in [5.74, 6) is -0.193. The van der Waals surface area contributed by atoms with E-state index in [-0.39, 0.29) is 17.8 Å². The number of ether oxygens (including phenoxy) is 1. The summed E-state index contributed by atoms with van der Waals surface area (Å²) in [6.45, 7) is 3.73. The molecule has 0 aromatic heterocycles. The fourth-order valence-electron chi connectivity index (χ4n) is 4.27. The number of alkyl halides is 3. The van der Waals surface area contributed by atoms with Crippen molar-refractivity contribution in [3.8, 4) is 5.75 Å². The van der Waals surface area contributed by atoms with Crippen molar-refractivity contribution >= 4 is 0 Å². The topological polar surface area (TPSA) is 35.9 Å². The Labute approximate surface area is 146 Å². The van der Waals surface area contributed by atoms with Crippen molar-refractivity contribution in [2.45, 2.75) is 38.2 Å². The molecule has 3 rings (SSSR count). The van der Waals surface area contributed by atoms with Crippen molar-refractivity contribution < 1.29 is 23.0 Å². The number of rotatable bonds is 4. The van der Waals surface area contributed by atoms with Gasteiger partial charge in [-0.15, -0.1) is 13.2 Å². The van der Waals surface area contributed by atoms with Gasteiger partial charge in [0.1, 0.15) is 5.75 Å². The molecule has 1 aromatic rings. The zero-order valence-electron chi connectivity index (χ0n) is 14.4. The fraction of sp³-hybridized carbons (Fsp3) is 0.667. The van der Waals surface area contributed by atoms with Crippen LogP contribution in [-0.2, 0) is 6.54 Å². The van der Waals surface area contributed by atoms with Crippen molar-refractivity contribution in [2.24, 2.45) is 5.41 Å². The molecule has 4 nitrogen and oxygen atoms in total. The molecule has 25 heavy (non-hydrogen) atoms. The Morgan fingerprint density at radius 2 is 1.92 bits per heavy atom. The second-order valence-corrected chi connectivity index (χ2v) is 7.30. The molecule has 7 heteroatoms. The highest BCUT2D eigenvalue weighted by Gasteiger charge is 2.46. The van der Waals surface area contributed by atoms with E-state index in [9.17, 15) is 18.3 Å². The van der Waals surface area contributed by atoms with Crippen molar-refractivity contribution in [3.05, 3.63) is 29.8 Å². The van der Waals surface area contributed by atoms with Crippen molar-refractivity contribution in [3.63, 3.8) is 0 Å². The maximum absolute atomic E-state index is 12.2. The third kappa shape index (κ3) is 4.27. The number of benzene rings is 1. The van der Waals surface area contributed by atoms with Crippen molar-refractivity contribution in [1.29, 1.82) is 0 Å². The molecule has 0 saturated carbocycles. The molecule has 1 N–H and O–H groups in total. The molecule has 140 valence electrons. The predicted octanol–water partition coefficient (Wildman–Crippen LogP) is 2.86. The summed E-state index contributed by atoms with van der Waals surface area (Å²) in [4.78, 5) is 4.66. The van der Waals surface area contributed by atoms with Crippen LogP contribution in [0.5, 0.6) is 5.75 Å². The highest BCUT2D eigenvalue weighted by atomic mass is 19.4. The Bertz CT molecular complexity index is 579. The van der Waals surface area contributed by atoms with E-state index in [1.807, 2.05) is 0 Å². The van der Waals surface area contributed by atoms with E-state index < -0.39 is 6.36 Å². The van der Waals surface area contributed by atoms with Crippen LogP contribution in [0.2, 0.25) is 0 Å². The Morgan fingerprint density at radius 3 is 2.56 bits per heavy atom. The van der Waals surface area contributed by atoms with E-state index in [1.165, 1.54) is 12.1 Å². The normalized spacial score (nSPS) is 28.6. The molecule has 2 saturated heterocycles. The Hall–Kier alpha value is -1.31. The number of piperidine rings is 2. The summed E-state index contributed by atoms with van der Waals surface area (Å²) in [5.41, 5.74) is 0.956. The summed E-state index contributed by atoms with van der Waals surface area (Å²) < 4.78 is 40.6. The summed E-state index contributed by atoms with van der Waals surface area (Å²) in [6.07, 6.45) is -1.52. The number of fused-ring (bicyclic) bond motifs is 1. The zero-order valence-corrected chi connectivity index (χ0v) is 14.4. The van der Waals surface area contributed by atoms with Crippen LogP contribution in [0.3, 0.4) is 0 Å². The van der Waals surface area contributed by atoms with Crippen LogP contribution in [0.4, 0.5) is 13.2 Å². The van der Waals surface area contributed by atoms with E-state index in [0.29, 0.717) is 12.6 Å². The lowest BCUT2D eigenvalue weighted by Crippen LogP contribution is -2.61. The molecule has 0 spiro atoms. The van der Waals surface area contributed by atoms with E-state index >= 15 is 0 Å². The number of aliphatic hydroxyl groups excluding tert-OH is 1. The highest BCUT2D eigenvalue weighted by Crippen LogP contribution is 2.41. The number of likely N-dealkylation sites (N-methyl/N-ethyl adjacent to an activating group) is 1. The molecule has 0 aliphatic carbocycles. The molecule has 2 atom stereocenters. The van der Waals surface area contributed by atoms with Gasteiger partial charge in [-0.3, -0.25) is 4.90 Å². The number of hydrogen-bond acceptors (Lipinski definition) is 4. The van der Waals surface area contributed by atoms with Gasteiger partial charge in [0.25, 0.3) is 0 Å². The third-order valence-corrected chi connectivity index (χ3v) is 5.66. The zero-order chi connectivity index (χ0) is 18.1. The molecule has 2 aliphatic rings. The molecule has 1 aromatic carbocycles. The van der Waals surface area contributed by atoms with Crippen LogP contribution in [0, 0.1) is 5.41 Å². The summed E-state index contributed by atoms with van der Waals surface area (Å²) in [5, 5.41) is 9.94. The summed E-state index contributed by atoms with van der Waals surface area (Å²) >= 11 is 0. The second kappa shape index (κ2) is 7.13. The Balaban J connectivity index is 1.62. The van der Waals surface area contributed by atoms with Gasteiger partial charge in [0.2, 0.25) is 0 Å². The van der Waals surface area contributed by atoms with Gasteiger partial charge >= 0.3 is 6.36 Å². The first-order chi connectivity index (χ1) is 11.8. The number of nitrogens with zero attached hydrogens (tertiary/aromatic N) is 2. The smallest absolute Gasteiger partial charge is 0.406 e. The number of likely N-dealkylation sites (tertiary alicyclic amines) is 2. The molecule has 0 unspecified atom stereocenters. The first-order valence-electron chi connectivity index (χ1n) is 8.69. The van der Waals surface area contributed by atoms with E-state index in [0.717, 1.165) is 44.5 Å². The summed E-state index contributed by atoms with van der Waals surface area (Å²) in [6, 6.07) is 6.40. The van der Waals surface area contributed by atoms with Gasteiger partial charge in [-0.05, 0) is 57.1 Å². The lowest BCUT2D eigenvalue weighted by molar-refractivity contribution is -0.274. The van der Waals surface area contributed by atoms with Crippen molar-refractivity contribution in [1.82, 2.24) is 9.80 Å². The standard InChI is InChI=1S/C18H25F3N2O2/c1-22-9-2-7-17(13-24)8-10-23(12-16(17)22)11-14-3-5-15(6-4-14)25-18(19,20)21/h3-6,16,24H,2,7-13H2,1H3/t16-,17-/m1/s1. The Morgan fingerprint density at radius 1 is 1.20 bits per heavy atom. The first-order valence-corrected chi connectivity index (χ1v) is 8.69. The average Bonchev–Trinajstić information content (AvgIpc) is 2.56. The average molecular weight is 358 g/mol. The van der Waals surface area contributed by atoms with Crippen LogP contribution in [0.25, 0.3) is 0 Å². The van der Waals surface area contributed by atoms with Crippen LogP contribution in [0.1, 0.15) is 24.8 Å². The van der Waals surface area contributed by atoms with E-state index in [1.54, 1.807) is 12.1 Å². The summed E-state index contributed by atoms with van der Waals surface area (Å²) in [7, 11) is 2.11. The van der Waals surface area contributed by atoms with Crippen LogP contribution in [-0.4, -0.2) is 60.6 Å². The van der Waals surface area contributed by atoms with Crippen LogP contribution in [0.15, 0.2) is 24.3 Å². The maximum Gasteiger partial charge on any atom is 0.573 e.